The van der Waals surface area contributed by atoms with E-state index in [4.69, 9.17) is 14.7 Å². The van der Waals surface area contributed by atoms with Crippen molar-refractivity contribution >= 4 is 54.2 Å². The van der Waals surface area contributed by atoms with Crippen LogP contribution in [0.25, 0.3) is 32.5 Å². The highest BCUT2D eigenvalue weighted by atomic mass is 32.2. The minimum atomic E-state index is -3.26. The lowest BCUT2D eigenvalue weighted by Crippen LogP contribution is -2.50. The molecule has 1 N–H and O–H groups in total. The molecule has 0 aliphatic carbocycles. The maximum Gasteiger partial charge on any atom is 0.264 e. The molecular weight excluding hydrogens is 502 g/mol. The SMILES string of the molecule is CS(=O)(=O)N1CCN(C(=O)c2cc3c(N4CCOCC4)nc(-c4cccc5[nH]ncc45)nc3s2)CC1. The van der Waals surface area contributed by atoms with Gasteiger partial charge in [0.2, 0.25) is 10.0 Å². The van der Waals surface area contributed by atoms with E-state index in [0.29, 0.717) is 63.2 Å². The lowest BCUT2D eigenvalue weighted by molar-refractivity contribution is 0.0703. The van der Waals surface area contributed by atoms with Crippen molar-refractivity contribution in [3.05, 3.63) is 35.3 Å². The average Bonchev–Trinajstić information content (AvgIpc) is 3.55. The molecule has 5 heterocycles. The van der Waals surface area contributed by atoms with Gasteiger partial charge in [0.25, 0.3) is 5.91 Å². The Labute approximate surface area is 211 Å². The Balaban J connectivity index is 1.39. The number of nitrogens with zero attached hydrogens (tertiary/aromatic N) is 6. The molecule has 0 atom stereocenters. The number of nitrogens with one attached hydrogen (secondary N) is 1. The molecule has 3 aromatic heterocycles. The number of aromatic nitrogens is 4. The predicted octanol–water partition coefficient (Wildman–Crippen LogP) is 1.79. The average molecular weight is 528 g/mol. The number of morpholine rings is 1. The fraction of sp³-hybridized carbons (Fsp3) is 0.391. The number of thiophene rings is 1. The molecule has 11 nitrogen and oxygen atoms in total. The Hall–Kier alpha value is -3.13. The summed E-state index contributed by atoms with van der Waals surface area (Å²) in [6.45, 7) is 3.94. The Morgan fingerprint density at radius 3 is 2.58 bits per heavy atom. The van der Waals surface area contributed by atoms with Gasteiger partial charge in [-0.3, -0.25) is 9.89 Å². The van der Waals surface area contributed by atoms with Gasteiger partial charge in [-0.2, -0.15) is 9.40 Å². The van der Waals surface area contributed by atoms with Gasteiger partial charge in [0.1, 0.15) is 10.6 Å². The highest BCUT2D eigenvalue weighted by Crippen LogP contribution is 2.35. The lowest BCUT2D eigenvalue weighted by atomic mass is 10.1. The van der Waals surface area contributed by atoms with Crippen LogP contribution in [0.2, 0.25) is 0 Å². The zero-order chi connectivity index (χ0) is 24.9. The number of H-pyrrole nitrogens is 1. The van der Waals surface area contributed by atoms with Crippen LogP contribution < -0.4 is 4.90 Å². The summed E-state index contributed by atoms with van der Waals surface area (Å²) in [5.41, 5.74) is 1.77. The summed E-state index contributed by atoms with van der Waals surface area (Å²) in [5.74, 6) is 1.26. The molecule has 0 spiro atoms. The summed E-state index contributed by atoms with van der Waals surface area (Å²) in [6, 6.07) is 7.75. The molecule has 2 fully saturated rings. The Kier molecular flexibility index (Phi) is 5.86. The molecule has 36 heavy (non-hydrogen) atoms. The number of benzene rings is 1. The van der Waals surface area contributed by atoms with Gasteiger partial charge >= 0.3 is 0 Å². The number of piperazine rings is 1. The fourth-order valence-electron chi connectivity index (χ4n) is 4.69. The van der Waals surface area contributed by atoms with Crippen molar-refractivity contribution in [2.75, 3.05) is 63.6 Å². The molecule has 0 saturated carbocycles. The van der Waals surface area contributed by atoms with Crippen LogP contribution in [0, 0.1) is 0 Å². The standard InChI is InChI=1S/C23H25N7O4S2/c1-36(32,33)30-7-5-29(6-8-30)23(31)19-13-16-21(28-9-11-34-12-10-28)25-20(26-22(16)35-19)15-3-2-4-18-17(15)14-24-27-18/h2-4,13-14H,5-12H2,1H3,(H,24,27). The molecule has 2 saturated heterocycles. The van der Waals surface area contributed by atoms with E-state index in [2.05, 4.69) is 15.1 Å². The molecule has 0 unspecified atom stereocenters. The molecule has 0 bridgehead atoms. The third-order valence-electron chi connectivity index (χ3n) is 6.61. The zero-order valence-electron chi connectivity index (χ0n) is 19.7. The third-order valence-corrected chi connectivity index (χ3v) is 8.93. The molecule has 1 amide bonds. The minimum absolute atomic E-state index is 0.113. The third kappa shape index (κ3) is 4.21. The number of rotatable bonds is 4. The van der Waals surface area contributed by atoms with E-state index < -0.39 is 10.0 Å². The van der Waals surface area contributed by atoms with Crippen molar-refractivity contribution < 1.29 is 17.9 Å². The Morgan fingerprint density at radius 1 is 1.06 bits per heavy atom. The molecular formula is C23H25N7O4S2. The molecule has 0 radical (unpaired) electrons. The van der Waals surface area contributed by atoms with Crippen LogP contribution in [0.5, 0.6) is 0 Å². The summed E-state index contributed by atoms with van der Waals surface area (Å²) < 4.78 is 30.6. The first-order chi connectivity index (χ1) is 17.4. The van der Waals surface area contributed by atoms with Crippen molar-refractivity contribution in [2.24, 2.45) is 0 Å². The second-order valence-corrected chi connectivity index (χ2v) is 11.9. The van der Waals surface area contributed by atoms with Crippen molar-refractivity contribution in [1.82, 2.24) is 29.4 Å². The topological polar surface area (TPSA) is 125 Å². The van der Waals surface area contributed by atoms with Crippen molar-refractivity contribution in [1.29, 1.82) is 0 Å². The smallest absolute Gasteiger partial charge is 0.264 e. The number of ether oxygens (including phenoxy) is 1. The van der Waals surface area contributed by atoms with E-state index in [0.717, 1.165) is 32.5 Å². The number of fused-ring (bicyclic) bond motifs is 2. The van der Waals surface area contributed by atoms with Crippen molar-refractivity contribution in [3.63, 3.8) is 0 Å². The number of amides is 1. The summed E-state index contributed by atoms with van der Waals surface area (Å²) >= 11 is 1.34. The van der Waals surface area contributed by atoms with E-state index in [1.807, 2.05) is 24.3 Å². The maximum absolute atomic E-state index is 13.4. The Bertz CT molecular complexity index is 1550. The number of aromatic amines is 1. The first-order valence-electron chi connectivity index (χ1n) is 11.7. The summed E-state index contributed by atoms with van der Waals surface area (Å²) in [4.78, 5) is 28.4. The maximum atomic E-state index is 13.4. The van der Waals surface area contributed by atoms with Gasteiger partial charge in [-0.15, -0.1) is 11.3 Å². The molecule has 13 heteroatoms. The molecule has 6 rings (SSSR count). The number of anilines is 1. The van der Waals surface area contributed by atoms with E-state index in [-0.39, 0.29) is 5.91 Å². The quantitative estimate of drug-likeness (QED) is 0.426. The minimum Gasteiger partial charge on any atom is -0.378 e. The highest BCUT2D eigenvalue weighted by Gasteiger charge is 2.29. The van der Waals surface area contributed by atoms with Gasteiger partial charge < -0.3 is 14.5 Å². The van der Waals surface area contributed by atoms with E-state index >= 15 is 0 Å². The first-order valence-corrected chi connectivity index (χ1v) is 14.4. The molecule has 2 aliphatic rings. The molecule has 4 aromatic rings. The van der Waals surface area contributed by atoms with Gasteiger partial charge in [0.15, 0.2) is 5.82 Å². The molecule has 188 valence electrons. The highest BCUT2D eigenvalue weighted by molar-refractivity contribution is 7.88. The number of hydrogen-bond donors (Lipinski definition) is 1. The van der Waals surface area contributed by atoms with Crippen LogP contribution in [0.3, 0.4) is 0 Å². The van der Waals surface area contributed by atoms with Gasteiger partial charge in [-0.25, -0.2) is 18.4 Å². The monoisotopic (exact) mass is 527 g/mol. The van der Waals surface area contributed by atoms with E-state index in [1.54, 1.807) is 11.1 Å². The van der Waals surface area contributed by atoms with Crippen molar-refractivity contribution in [2.45, 2.75) is 0 Å². The summed E-state index contributed by atoms with van der Waals surface area (Å²) in [5, 5.41) is 8.92. The van der Waals surface area contributed by atoms with Crippen LogP contribution in [-0.2, 0) is 14.8 Å². The Morgan fingerprint density at radius 2 is 1.83 bits per heavy atom. The largest absolute Gasteiger partial charge is 0.378 e. The fourth-order valence-corrected chi connectivity index (χ4v) is 6.51. The van der Waals surface area contributed by atoms with Crippen LogP contribution in [0.4, 0.5) is 5.82 Å². The molecule has 2 aliphatic heterocycles. The number of carbonyl (C=O) groups is 1. The summed E-state index contributed by atoms with van der Waals surface area (Å²) in [7, 11) is -3.26. The second kappa shape index (κ2) is 9.07. The number of carbonyl (C=O) groups excluding carboxylic acids is 1. The first kappa shape index (κ1) is 23.3. The number of sulfonamides is 1. The van der Waals surface area contributed by atoms with E-state index in [9.17, 15) is 13.2 Å². The van der Waals surface area contributed by atoms with Gasteiger partial charge in [0, 0.05) is 50.2 Å². The van der Waals surface area contributed by atoms with Gasteiger partial charge in [-0.05, 0) is 12.1 Å². The summed E-state index contributed by atoms with van der Waals surface area (Å²) in [6.07, 6.45) is 2.97. The zero-order valence-corrected chi connectivity index (χ0v) is 21.3. The molecule has 1 aromatic carbocycles. The number of hydrogen-bond acceptors (Lipinski definition) is 9. The van der Waals surface area contributed by atoms with Crippen LogP contribution in [0.15, 0.2) is 30.5 Å². The predicted molar refractivity (Wildman–Crippen MR) is 138 cm³/mol. The second-order valence-electron chi connectivity index (χ2n) is 8.89. The van der Waals surface area contributed by atoms with Crippen LogP contribution >= 0.6 is 11.3 Å². The lowest BCUT2D eigenvalue weighted by Gasteiger charge is -2.32. The van der Waals surface area contributed by atoms with Crippen LogP contribution in [0.1, 0.15) is 9.67 Å². The van der Waals surface area contributed by atoms with Crippen molar-refractivity contribution in [3.8, 4) is 11.4 Å². The van der Waals surface area contributed by atoms with Crippen LogP contribution in [-0.4, -0.2) is 102 Å². The normalized spacial score (nSPS) is 17.8. The van der Waals surface area contributed by atoms with Gasteiger partial charge in [0.05, 0.1) is 41.4 Å². The van der Waals surface area contributed by atoms with Gasteiger partial charge in [-0.1, -0.05) is 12.1 Å². The van der Waals surface area contributed by atoms with E-state index in [1.165, 1.54) is 21.9 Å².